The molecule has 0 amide bonds. The Labute approximate surface area is 438 Å². The summed E-state index contributed by atoms with van der Waals surface area (Å²) in [6, 6.07) is 0.0295. The van der Waals surface area contributed by atoms with Gasteiger partial charge in [-0.1, -0.05) is 55.0 Å². The van der Waals surface area contributed by atoms with E-state index in [0.717, 1.165) is 4.57 Å². The van der Waals surface area contributed by atoms with Crippen molar-refractivity contribution >= 4 is 23.8 Å². The second-order valence-electron chi connectivity index (χ2n) is 22.5. The highest BCUT2D eigenvalue weighted by molar-refractivity contribution is 5.91. The molecule has 0 unspecified atom stereocenters. The van der Waals surface area contributed by atoms with E-state index in [-0.39, 0.29) is 43.6 Å². The number of aliphatic hydroxyl groups excluding tert-OH is 2. The van der Waals surface area contributed by atoms with Crippen LogP contribution in [0.25, 0.3) is 0 Å². The summed E-state index contributed by atoms with van der Waals surface area (Å²) in [5.74, 6) is -7.20. The zero-order valence-electron chi connectivity index (χ0n) is 46.7. The summed E-state index contributed by atoms with van der Waals surface area (Å²) in [4.78, 5) is 65.2. The largest absolute Gasteiger partial charge is 0.461 e. The summed E-state index contributed by atoms with van der Waals surface area (Å²) in [7, 11) is 4.93. The molecule has 22 atom stereocenters. The fourth-order valence-corrected chi connectivity index (χ4v) is 11.3. The van der Waals surface area contributed by atoms with Crippen LogP contribution in [-0.4, -0.2) is 181 Å². The number of Topliss-reactive ketones (excluding diaryl/α,β-unsaturated/α-hetero) is 1. The molecular formula is C54H89N3O17. The zero-order chi connectivity index (χ0) is 55.1. The van der Waals surface area contributed by atoms with E-state index in [4.69, 9.17) is 52.1 Å². The van der Waals surface area contributed by atoms with Crippen LogP contribution >= 0.6 is 0 Å². The van der Waals surface area contributed by atoms with Crippen LogP contribution in [0.15, 0.2) is 30.9 Å². The van der Waals surface area contributed by atoms with Crippen molar-refractivity contribution in [3.05, 3.63) is 30.9 Å². The Morgan fingerprint density at radius 3 is 2.16 bits per heavy atom. The van der Waals surface area contributed by atoms with E-state index >= 15 is 9.59 Å². The zero-order valence-corrected chi connectivity index (χ0v) is 46.7. The topological polar surface area (TPSA) is 231 Å². The molecule has 0 aromatic carbocycles. The SMILES string of the molecule is C=C1C[C@@H](C)O[C@@H](O[C@@H]2[C@@H](C)[C@H](O[C@H]3C[C@@H](C)N(C)C[C@H](C)O3)[C@@H](C)C(=O)O[C@H]([C@@H](C)CO[C@@H]3O[C@H](C)[C@@H](O)[C@@H](OC)[C@H]3OC)[C@H](C)[C@@H](OC(=O)CC(C)C)[C@@H](C)C(=O)[C@@](C)(OC(=O)n3ccnc3)C[C@@H]2C)[C@@H]1O. The first kappa shape index (κ1) is 61.4. The normalized spacial score (nSPS) is 40.9. The first-order valence-corrected chi connectivity index (χ1v) is 26.6. The molecule has 74 heavy (non-hydrogen) atoms. The minimum atomic E-state index is -1.94. The number of methoxy groups -OCH3 is 2. The number of carbonyl (C=O) groups excluding carboxylic acids is 4. The molecule has 0 aliphatic carbocycles. The van der Waals surface area contributed by atoms with Crippen LogP contribution in [0.1, 0.15) is 116 Å². The van der Waals surface area contributed by atoms with Gasteiger partial charge in [-0.3, -0.25) is 14.4 Å². The molecular weight excluding hydrogens is 963 g/mol. The Morgan fingerprint density at radius 2 is 1.54 bits per heavy atom. The number of hydrogen-bond donors (Lipinski definition) is 2. The highest BCUT2D eigenvalue weighted by Gasteiger charge is 2.52. The molecule has 4 aliphatic rings. The fraction of sp³-hybridized carbons (Fsp3) is 0.833. The number of rotatable bonds is 14. The molecule has 0 saturated carbocycles. The second kappa shape index (κ2) is 26.8. The minimum absolute atomic E-state index is 0.0165. The predicted octanol–water partition coefficient (Wildman–Crippen LogP) is 5.72. The Morgan fingerprint density at radius 1 is 0.865 bits per heavy atom. The molecule has 1 aromatic rings. The molecule has 20 nitrogen and oxygen atoms in total. The summed E-state index contributed by atoms with van der Waals surface area (Å²) in [5, 5.41) is 22.4. The van der Waals surface area contributed by atoms with Gasteiger partial charge in [0.2, 0.25) is 0 Å². The van der Waals surface area contributed by atoms with Crippen molar-refractivity contribution in [1.82, 2.24) is 14.5 Å². The summed E-state index contributed by atoms with van der Waals surface area (Å²) < 4.78 is 71.1. The summed E-state index contributed by atoms with van der Waals surface area (Å²) in [5.41, 5.74) is -1.43. The molecule has 0 bridgehead atoms. The molecule has 1 aromatic heterocycles. The van der Waals surface area contributed by atoms with E-state index in [1.807, 2.05) is 48.6 Å². The van der Waals surface area contributed by atoms with E-state index < -0.39 is 139 Å². The van der Waals surface area contributed by atoms with E-state index in [1.165, 1.54) is 39.9 Å². The maximum atomic E-state index is 15.7. The predicted molar refractivity (Wildman–Crippen MR) is 269 cm³/mol. The van der Waals surface area contributed by atoms with Gasteiger partial charge in [0, 0.05) is 69.8 Å². The molecule has 5 rings (SSSR count). The van der Waals surface area contributed by atoms with Gasteiger partial charge in [-0.15, -0.1) is 0 Å². The van der Waals surface area contributed by atoms with Crippen molar-refractivity contribution in [1.29, 1.82) is 0 Å². The van der Waals surface area contributed by atoms with Gasteiger partial charge in [-0.05, 0) is 78.8 Å². The number of esters is 2. The lowest BCUT2D eigenvalue weighted by atomic mass is 9.74. The average molecular weight is 1050 g/mol. The lowest BCUT2D eigenvalue weighted by molar-refractivity contribution is -0.305. The van der Waals surface area contributed by atoms with E-state index in [0.29, 0.717) is 25.0 Å². The fourth-order valence-electron chi connectivity index (χ4n) is 11.3. The van der Waals surface area contributed by atoms with Crippen LogP contribution in [0, 0.1) is 41.4 Å². The van der Waals surface area contributed by atoms with Crippen molar-refractivity contribution in [3.63, 3.8) is 0 Å². The van der Waals surface area contributed by atoms with Crippen LogP contribution in [0.2, 0.25) is 0 Å². The molecule has 4 aliphatic heterocycles. The van der Waals surface area contributed by atoms with Crippen molar-refractivity contribution < 1.29 is 81.5 Å². The van der Waals surface area contributed by atoms with Gasteiger partial charge in [0.15, 0.2) is 30.3 Å². The third-order valence-electron chi connectivity index (χ3n) is 15.6. The average Bonchev–Trinajstić information content (AvgIpc) is 3.85. The highest BCUT2D eigenvalue weighted by atomic mass is 16.7. The van der Waals surface area contributed by atoms with Crippen molar-refractivity contribution in [2.45, 2.75) is 213 Å². The monoisotopic (exact) mass is 1050 g/mol. The standard InChI is InChI=1S/C54H89N3O17/c1-27(2)20-39(58)70-45-35(10)44(30(5)25-66-52-48(65-17)47(64-16)42(60)38(13)69-52)72-50(62)37(12)46(71-40-22-31(6)56(15)24-33(8)67-40)34(9)43(73-51-41(59)28(3)21-32(7)68-51)29(4)23-54(14,49(61)36(45)11)74-53(63)57-19-18-55-26-57/h18-19,26-27,29-38,40-48,51-52,59-60H,3,20-25H2,1-2,4-17H3/t29-,30-,31+,32+,33-,34+,35-,36+,37+,38+,40-,41+,42+,43-,44+,45+,46-,47+,48+,51-,52+,54-/m0/s1. The van der Waals surface area contributed by atoms with Crippen LogP contribution < -0.4 is 0 Å². The van der Waals surface area contributed by atoms with E-state index in [2.05, 4.69) is 23.4 Å². The smallest absolute Gasteiger partial charge is 0.420 e. The number of carbonyl (C=O) groups is 4. The first-order chi connectivity index (χ1) is 34.7. The Kier molecular flexibility index (Phi) is 22.2. The van der Waals surface area contributed by atoms with Crippen molar-refractivity contribution in [3.8, 4) is 0 Å². The van der Waals surface area contributed by atoms with Gasteiger partial charge in [0.1, 0.15) is 43.0 Å². The Balaban J connectivity index is 1.69. The Bertz CT molecular complexity index is 1990. The highest BCUT2D eigenvalue weighted by Crippen LogP contribution is 2.41. The number of likely N-dealkylation sites (N-methyl/N-ethyl adjacent to an activating group) is 1. The number of aromatic nitrogens is 2. The lowest BCUT2D eigenvalue weighted by Crippen LogP contribution is -2.59. The number of nitrogens with zero attached hydrogens (tertiary/aromatic N) is 3. The minimum Gasteiger partial charge on any atom is -0.461 e. The first-order valence-electron chi connectivity index (χ1n) is 26.6. The lowest BCUT2D eigenvalue weighted by Gasteiger charge is -2.45. The molecule has 2 N–H and O–H groups in total. The van der Waals surface area contributed by atoms with Crippen LogP contribution in [0.4, 0.5) is 4.79 Å². The van der Waals surface area contributed by atoms with Crippen LogP contribution in [0.5, 0.6) is 0 Å². The molecule has 20 heteroatoms. The maximum absolute atomic E-state index is 15.7. The summed E-state index contributed by atoms with van der Waals surface area (Å²) in [6.45, 7) is 28.0. The number of ether oxygens (including phenoxy) is 11. The molecule has 0 radical (unpaired) electrons. The third-order valence-corrected chi connectivity index (χ3v) is 15.6. The number of cyclic esters (lactones) is 1. The number of hydrogen-bond acceptors (Lipinski definition) is 19. The van der Waals surface area contributed by atoms with E-state index in [1.54, 1.807) is 34.6 Å². The van der Waals surface area contributed by atoms with Gasteiger partial charge in [-0.25, -0.2) is 14.3 Å². The molecule has 4 fully saturated rings. The van der Waals surface area contributed by atoms with Crippen LogP contribution in [-0.2, 0) is 66.5 Å². The van der Waals surface area contributed by atoms with Gasteiger partial charge in [0.25, 0.3) is 0 Å². The maximum Gasteiger partial charge on any atom is 0.420 e. The van der Waals surface area contributed by atoms with Crippen molar-refractivity contribution in [2.75, 3.05) is 34.4 Å². The Hall–Kier alpha value is -3.41. The molecule has 422 valence electrons. The van der Waals surface area contributed by atoms with Gasteiger partial charge >= 0.3 is 18.0 Å². The second-order valence-corrected chi connectivity index (χ2v) is 22.5. The molecule has 5 heterocycles. The third kappa shape index (κ3) is 15.0. The van der Waals surface area contributed by atoms with Crippen molar-refractivity contribution in [2.24, 2.45) is 41.4 Å². The van der Waals surface area contributed by atoms with E-state index in [9.17, 15) is 19.8 Å². The van der Waals surface area contributed by atoms with Gasteiger partial charge in [-0.2, -0.15) is 0 Å². The van der Waals surface area contributed by atoms with Gasteiger partial charge < -0.3 is 67.2 Å². The van der Waals surface area contributed by atoms with Gasteiger partial charge in [0.05, 0.1) is 49.0 Å². The number of aliphatic hydroxyl groups is 2. The number of ketones is 1. The summed E-state index contributed by atoms with van der Waals surface area (Å²) >= 11 is 0. The molecule has 4 saturated heterocycles. The summed E-state index contributed by atoms with van der Waals surface area (Å²) in [6.07, 6.45) is -8.68. The van der Waals surface area contributed by atoms with Crippen LogP contribution in [0.3, 0.4) is 0 Å². The quantitative estimate of drug-likeness (QED) is 0.129. The number of imidazole rings is 1. The molecule has 0 spiro atoms.